The third kappa shape index (κ3) is 4.53. The van der Waals surface area contributed by atoms with Gasteiger partial charge in [0.2, 0.25) is 0 Å². The highest BCUT2D eigenvalue weighted by molar-refractivity contribution is 7.98. The number of hydrogen-bond donors (Lipinski definition) is 2. The monoisotopic (exact) mass is 305 g/mol. The van der Waals surface area contributed by atoms with Crippen LogP contribution in [0.5, 0.6) is 5.75 Å². The van der Waals surface area contributed by atoms with Crippen molar-refractivity contribution >= 4 is 17.4 Å². The van der Waals surface area contributed by atoms with Gasteiger partial charge in [-0.1, -0.05) is 25.1 Å². The predicted molar refractivity (Wildman–Crippen MR) is 85.8 cm³/mol. The lowest BCUT2D eigenvalue weighted by Crippen LogP contribution is -2.10. The van der Waals surface area contributed by atoms with Gasteiger partial charge < -0.3 is 15.5 Å². The molecule has 1 heterocycles. The third-order valence-corrected chi connectivity index (χ3v) is 3.82. The van der Waals surface area contributed by atoms with Crippen molar-refractivity contribution in [2.24, 2.45) is 0 Å². The minimum Gasteiger partial charge on any atom is -0.497 e. The number of hydrogen-bond acceptors (Lipinski definition) is 5. The summed E-state index contributed by atoms with van der Waals surface area (Å²) in [6, 6.07) is 7.15. The minimum atomic E-state index is -0.110. The number of anilines is 1. The van der Waals surface area contributed by atoms with Crippen LogP contribution in [0, 0.1) is 0 Å². The van der Waals surface area contributed by atoms with Gasteiger partial charge in [0.15, 0.2) is 5.16 Å². The zero-order valence-corrected chi connectivity index (χ0v) is 13.0. The number of nitrogens with zero attached hydrogens (tertiary/aromatic N) is 1. The largest absolute Gasteiger partial charge is 0.497 e. The number of H-pyrrole nitrogens is 1. The van der Waals surface area contributed by atoms with Gasteiger partial charge in [-0.2, -0.15) is 0 Å². The Morgan fingerprint density at radius 3 is 2.86 bits per heavy atom. The van der Waals surface area contributed by atoms with Crippen molar-refractivity contribution in [3.63, 3.8) is 0 Å². The number of methoxy groups -OCH3 is 1. The van der Waals surface area contributed by atoms with Gasteiger partial charge in [0, 0.05) is 29.3 Å². The first kappa shape index (κ1) is 15.4. The summed E-state index contributed by atoms with van der Waals surface area (Å²) < 4.78 is 5.20. The number of ether oxygens (including phenoxy) is 1. The van der Waals surface area contributed by atoms with Gasteiger partial charge in [0.25, 0.3) is 5.56 Å². The molecule has 2 rings (SSSR count). The van der Waals surface area contributed by atoms with E-state index < -0.39 is 0 Å². The highest BCUT2D eigenvalue weighted by Gasteiger charge is 2.04. The van der Waals surface area contributed by atoms with E-state index >= 15 is 0 Å². The molecule has 112 valence electrons. The van der Waals surface area contributed by atoms with Crippen LogP contribution in [-0.2, 0) is 12.2 Å². The molecule has 0 atom stereocenters. The number of nitrogens with one attached hydrogen (secondary N) is 1. The Labute approximate surface area is 127 Å². The fourth-order valence-electron chi connectivity index (χ4n) is 1.97. The first-order valence-corrected chi connectivity index (χ1v) is 7.75. The molecule has 5 nitrogen and oxygen atoms in total. The molecule has 21 heavy (non-hydrogen) atoms. The molecule has 0 aliphatic heterocycles. The highest BCUT2D eigenvalue weighted by Crippen LogP contribution is 2.24. The van der Waals surface area contributed by atoms with Crippen molar-refractivity contribution in [1.82, 2.24) is 9.97 Å². The summed E-state index contributed by atoms with van der Waals surface area (Å²) in [4.78, 5) is 18.8. The van der Waals surface area contributed by atoms with Gasteiger partial charge in [-0.25, -0.2) is 4.98 Å². The zero-order valence-electron chi connectivity index (χ0n) is 12.2. The average molecular weight is 305 g/mol. The third-order valence-electron chi connectivity index (χ3n) is 2.88. The fourth-order valence-corrected chi connectivity index (χ4v) is 2.80. The minimum absolute atomic E-state index is 0.110. The number of aryl methyl sites for hydroxylation is 1. The SMILES string of the molecule is CCCc1cc(=O)[nH]c(SCc2cc(N)cc(OC)c2)n1. The molecular formula is C15H19N3O2S. The molecular weight excluding hydrogens is 286 g/mol. The maximum absolute atomic E-state index is 11.6. The second-order valence-corrected chi connectivity index (χ2v) is 5.66. The van der Waals surface area contributed by atoms with Crippen molar-refractivity contribution in [3.05, 3.63) is 45.9 Å². The molecule has 2 aromatic rings. The maximum Gasteiger partial charge on any atom is 0.251 e. The van der Waals surface area contributed by atoms with Crippen molar-refractivity contribution in [1.29, 1.82) is 0 Å². The van der Waals surface area contributed by atoms with Gasteiger partial charge in [0.1, 0.15) is 5.75 Å². The number of aromatic amines is 1. The van der Waals surface area contributed by atoms with Crippen LogP contribution in [0.15, 0.2) is 34.2 Å². The maximum atomic E-state index is 11.6. The predicted octanol–water partition coefficient (Wildman–Crippen LogP) is 2.61. The summed E-state index contributed by atoms with van der Waals surface area (Å²) in [5.74, 6) is 1.40. The van der Waals surface area contributed by atoms with Gasteiger partial charge in [-0.3, -0.25) is 4.79 Å². The molecule has 0 spiro atoms. The molecule has 1 aromatic carbocycles. The summed E-state index contributed by atoms with van der Waals surface area (Å²) in [5.41, 5.74) is 8.23. The van der Waals surface area contributed by atoms with Crippen LogP contribution in [0.25, 0.3) is 0 Å². The van der Waals surface area contributed by atoms with E-state index in [4.69, 9.17) is 10.5 Å². The molecule has 0 amide bonds. The van der Waals surface area contributed by atoms with E-state index in [1.165, 1.54) is 11.8 Å². The van der Waals surface area contributed by atoms with Gasteiger partial charge >= 0.3 is 0 Å². The normalized spacial score (nSPS) is 10.6. The second kappa shape index (κ2) is 7.17. The molecule has 0 aliphatic rings. The molecule has 0 saturated carbocycles. The smallest absolute Gasteiger partial charge is 0.251 e. The van der Waals surface area contributed by atoms with Gasteiger partial charge in [0.05, 0.1) is 7.11 Å². The van der Waals surface area contributed by atoms with E-state index in [1.54, 1.807) is 19.2 Å². The molecule has 0 aliphatic carbocycles. The van der Waals surface area contributed by atoms with Crippen LogP contribution in [0.3, 0.4) is 0 Å². The molecule has 0 radical (unpaired) electrons. The van der Waals surface area contributed by atoms with Gasteiger partial charge in [-0.05, 0) is 24.1 Å². The fraction of sp³-hybridized carbons (Fsp3) is 0.333. The molecule has 0 saturated heterocycles. The number of nitrogen functional groups attached to an aromatic ring is 1. The van der Waals surface area contributed by atoms with Crippen LogP contribution in [0.2, 0.25) is 0 Å². The summed E-state index contributed by atoms with van der Waals surface area (Å²) in [5, 5.41) is 0.632. The van der Waals surface area contributed by atoms with Gasteiger partial charge in [-0.15, -0.1) is 0 Å². The molecule has 3 N–H and O–H groups in total. The van der Waals surface area contributed by atoms with E-state index in [9.17, 15) is 4.79 Å². The average Bonchev–Trinajstić information content (AvgIpc) is 2.44. The number of aromatic nitrogens is 2. The zero-order chi connectivity index (χ0) is 15.2. The quantitative estimate of drug-likeness (QED) is 0.487. The Bertz CT molecular complexity index is 670. The van der Waals surface area contributed by atoms with E-state index in [1.807, 2.05) is 12.1 Å². The number of thioether (sulfide) groups is 1. The molecule has 1 aromatic heterocycles. The Kier molecular flexibility index (Phi) is 5.27. The first-order chi connectivity index (χ1) is 10.1. The number of benzene rings is 1. The van der Waals surface area contributed by atoms with Crippen LogP contribution < -0.4 is 16.0 Å². The Balaban J connectivity index is 2.12. The van der Waals surface area contributed by atoms with Crippen LogP contribution in [0.1, 0.15) is 24.6 Å². The van der Waals surface area contributed by atoms with E-state index in [-0.39, 0.29) is 5.56 Å². The van der Waals surface area contributed by atoms with E-state index in [2.05, 4.69) is 16.9 Å². The van der Waals surface area contributed by atoms with Crippen LogP contribution >= 0.6 is 11.8 Å². The highest BCUT2D eigenvalue weighted by atomic mass is 32.2. The lowest BCUT2D eigenvalue weighted by Gasteiger charge is -2.07. The lowest BCUT2D eigenvalue weighted by molar-refractivity contribution is 0.414. The summed E-state index contributed by atoms with van der Waals surface area (Å²) >= 11 is 1.48. The standard InChI is InChI=1S/C15H19N3O2S/c1-3-4-12-8-14(19)18-15(17-12)21-9-10-5-11(16)7-13(6-10)20-2/h5-8H,3-4,9,16H2,1-2H3,(H,17,18,19). The summed E-state index contributed by atoms with van der Waals surface area (Å²) in [6.07, 6.45) is 1.77. The summed E-state index contributed by atoms with van der Waals surface area (Å²) in [7, 11) is 1.61. The summed E-state index contributed by atoms with van der Waals surface area (Å²) in [6.45, 7) is 2.06. The number of rotatable bonds is 6. The van der Waals surface area contributed by atoms with Crippen LogP contribution in [0.4, 0.5) is 5.69 Å². The van der Waals surface area contributed by atoms with Crippen molar-refractivity contribution < 1.29 is 4.74 Å². The Hall–Kier alpha value is -1.95. The number of nitrogens with two attached hydrogens (primary N) is 1. The molecule has 6 heteroatoms. The van der Waals surface area contributed by atoms with E-state index in [0.29, 0.717) is 16.6 Å². The van der Waals surface area contributed by atoms with Crippen molar-refractivity contribution in [3.8, 4) is 5.75 Å². The second-order valence-electron chi connectivity index (χ2n) is 4.69. The first-order valence-electron chi connectivity index (χ1n) is 6.77. The van der Waals surface area contributed by atoms with E-state index in [0.717, 1.165) is 29.8 Å². The molecule has 0 bridgehead atoms. The molecule has 0 fully saturated rings. The Morgan fingerprint density at radius 2 is 2.14 bits per heavy atom. The topological polar surface area (TPSA) is 81.0 Å². The van der Waals surface area contributed by atoms with Crippen LogP contribution in [-0.4, -0.2) is 17.1 Å². The van der Waals surface area contributed by atoms with Crippen molar-refractivity contribution in [2.75, 3.05) is 12.8 Å². The lowest BCUT2D eigenvalue weighted by atomic mass is 10.2. The Morgan fingerprint density at radius 1 is 1.33 bits per heavy atom. The van der Waals surface area contributed by atoms with Crippen molar-refractivity contribution in [2.45, 2.75) is 30.7 Å². The molecule has 0 unspecified atom stereocenters.